The van der Waals surface area contributed by atoms with Crippen LogP contribution in [-0.4, -0.2) is 11.5 Å². The molecule has 0 saturated carbocycles. The van der Waals surface area contributed by atoms with Crippen LogP contribution in [0.25, 0.3) is 0 Å². The van der Waals surface area contributed by atoms with Crippen molar-refractivity contribution >= 4 is 0 Å². The van der Waals surface area contributed by atoms with Gasteiger partial charge in [-0.05, 0) is 13.0 Å². The first-order valence-corrected chi connectivity index (χ1v) is 4.88. The Labute approximate surface area is 79.5 Å². The third kappa shape index (κ3) is 2.84. The number of nitrogens with one attached hydrogen (secondary N) is 1. The molecule has 0 amide bonds. The lowest BCUT2D eigenvalue weighted by atomic mass is 10.1. The molecule has 0 aliphatic rings. The van der Waals surface area contributed by atoms with E-state index >= 15 is 0 Å². The predicted octanol–water partition coefficient (Wildman–Crippen LogP) is 2.30. The molecular formula is C10H18N2O. The van der Waals surface area contributed by atoms with E-state index in [1.165, 1.54) is 6.39 Å². The molecule has 3 heteroatoms. The molecule has 0 aromatic carbocycles. The second-order valence-electron chi connectivity index (χ2n) is 3.49. The first-order valence-electron chi connectivity index (χ1n) is 4.88. The van der Waals surface area contributed by atoms with Crippen molar-refractivity contribution in [2.45, 2.75) is 39.7 Å². The molecule has 1 rings (SSSR count). The summed E-state index contributed by atoms with van der Waals surface area (Å²) in [5.74, 6) is 1.42. The molecule has 0 saturated heterocycles. The van der Waals surface area contributed by atoms with Gasteiger partial charge in [-0.25, -0.2) is 4.98 Å². The van der Waals surface area contributed by atoms with Crippen LogP contribution in [0.5, 0.6) is 0 Å². The molecule has 3 nitrogen and oxygen atoms in total. The summed E-state index contributed by atoms with van der Waals surface area (Å²) in [6.07, 6.45) is 2.67. The minimum atomic E-state index is 0.418. The molecule has 0 atom stereocenters. The molecule has 0 radical (unpaired) electrons. The molecule has 0 fully saturated rings. The average Bonchev–Trinajstić information content (AvgIpc) is 2.53. The van der Waals surface area contributed by atoms with Crippen molar-refractivity contribution < 1.29 is 4.42 Å². The van der Waals surface area contributed by atoms with Crippen LogP contribution in [0.15, 0.2) is 10.8 Å². The minimum absolute atomic E-state index is 0.418. The number of hydrogen-bond acceptors (Lipinski definition) is 3. The Hall–Kier alpha value is -0.830. The van der Waals surface area contributed by atoms with Gasteiger partial charge in [0.05, 0.1) is 5.69 Å². The van der Waals surface area contributed by atoms with Gasteiger partial charge in [0, 0.05) is 12.5 Å². The summed E-state index contributed by atoms with van der Waals surface area (Å²) in [5.41, 5.74) is 1.04. The summed E-state index contributed by atoms with van der Waals surface area (Å²) in [6.45, 7) is 8.23. The normalized spacial score (nSPS) is 11.1. The Morgan fingerprint density at radius 1 is 1.54 bits per heavy atom. The lowest BCUT2D eigenvalue weighted by molar-refractivity contribution is 0.476. The van der Waals surface area contributed by atoms with E-state index in [4.69, 9.17) is 4.42 Å². The first-order chi connectivity index (χ1) is 6.25. The molecular weight excluding hydrogens is 164 g/mol. The highest BCUT2D eigenvalue weighted by atomic mass is 16.3. The van der Waals surface area contributed by atoms with Crippen LogP contribution in [0.2, 0.25) is 0 Å². The van der Waals surface area contributed by atoms with E-state index in [9.17, 15) is 0 Å². The molecule has 1 heterocycles. The van der Waals surface area contributed by atoms with Crippen molar-refractivity contribution in [1.82, 2.24) is 10.3 Å². The summed E-state index contributed by atoms with van der Waals surface area (Å²) >= 11 is 0. The monoisotopic (exact) mass is 182 g/mol. The standard InChI is InChI=1S/C10H18N2O/c1-4-5-11-6-9-10(8(2)3)13-7-12-9/h7-8,11H,4-6H2,1-3H3. The van der Waals surface area contributed by atoms with Crippen LogP contribution < -0.4 is 5.32 Å². The molecule has 0 unspecified atom stereocenters. The topological polar surface area (TPSA) is 38.1 Å². The van der Waals surface area contributed by atoms with Gasteiger partial charge in [0.25, 0.3) is 0 Å². The highest BCUT2D eigenvalue weighted by Crippen LogP contribution is 2.17. The zero-order valence-electron chi connectivity index (χ0n) is 8.63. The van der Waals surface area contributed by atoms with E-state index in [1.807, 2.05) is 0 Å². The number of rotatable bonds is 5. The summed E-state index contributed by atoms with van der Waals surface area (Å²) in [7, 11) is 0. The van der Waals surface area contributed by atoms with Crippen LogP contribution in [0.4, 0.5) is 0 Å². The van der Waals surface area contributed by atoms with Crippen molar-refractivity contribution in [3.05, 3.63) is 17.8 Å². The van der Waals surface area contributed by atoms with Gasteiger partial charge in [0.15, 0.2) is 6.39 Å². The third-order valence-electron chi connectivity index (χ3n) is 1.92. The first kappa shape index (κ1) is 10.3. The number of aromatic nitrogens is 1. The van der Waals surface area contributed by atoms with Gasteiger partial charge in [-0.1, -0.05) is 20.8 Å². The Bertz CT molecular complexity index is 243. The summed E-state index contributed by atoms with van der Waals surface area (Å²) < 4.78 is 5.31. The Morgan fingerprint density at radius 3 is 2.92 bits per heavy atom. The summed E-state index contributed by atoms with van der Waals surface area (Å²) in [5, 5.41) is 3.31. The van der Waals surface area contributed by atoms with Gasteiger partial charge >= 0.3 is 0 Å². The predicted molar refractivity (Wildman–Crippen MR) is 52.6 cm³/mol. The lowest BCUT2D eigenvalue weighted by Gasteiger charge is -2.04. The fraction of sp³-hybridized carbons (Fsp3) is 0.700. The van der Waals surface area contributed by atoms with Crippen LogP contribution >= 0.6 is 0 Å². The van der Waals surface area contributed by atoms with Crippen molar-refractivity contribution in [1.29, 1.82) is 0 Å². The Balaban J connectivity index is 2.50. The fourth-order valence-electron chi connectivity index (χ4n) is 1.26. The lowest BCUT2D eigenvalue weighted by Crippen LogP contribution is -2.15. The summed E-state index contributed by atoms with van der Waals surface area (Å²) in [6, 6.07) is 0. The molecule has 0 spiro atoms. The van der Waals surface area contributed by atoms with Crippen LogP contribution in [-0.2, 0) is 6.54 Å². The van der Waals surface area contributed by atoms with E-state index in [0.717, 1.165) is 31.0 Å². The van der Waals surface area contributed by atoms with Gasteiger partial charge in [-0.2, -0.15) is 0 Å². The van der Waals surface area contributed by atoms with Gasteiger partial charge in [-0.3, -0.25) is 0 Å². The largest absolute Gasteiger partial charge is 0.448 e. The van der Waals surface area contributed by atoms with Crippen molar-refractivity contribution in [2.24, 2.45) is 0 Å². The molecule has 1 aromatic rings. The second kappa shape index (κ2) is 5.02. The van der Waals surface area contributed by atoms with Crippen LogP contribution in [0.1, 0.15) is 44.6 Å². The zero-order chi connectivity index (χ0) is 9.68. The number of hydrogen-bond donors (Lipinski definition) is 1. The maximum Gasteiger partial charge on any atom is 0.181 e. The second-order valence-corrected chi connectivity index (χ2v) is 3.49. The average molecular weight is 182 g/mol. The minimum Gasteiger partial charge on any atom is -0.448 e. The van der Waals surface area contributed by atoms with E-state index in [2.05, 4.69) is 31.1 Å². The Morgan fingerprint density at radius 2 is 2.31 bits per heavy atom. The number of nitrogens with zero attached hydrogens (tertiary/aromatic N) is 1. The number of oxazole rings is 1. The van der Waals surface area contributed by atoms with E-state index in [1.54, 1.807) is 0 Å². The van der Waals surface area contributed by atoms with E-state index in [-0.39, 0.29) is 0 Å². The zero-order valence-corrected chi connectivity index (χ0v) is 8.63. The van der Waals surface area contributed by atoms with E-state index < -0.39 is 0 Å². The molecule has 0 bridgehead atoms. The van der Waals surface area contributed by atoms with Crippen LogP contribution in [0, 0.1) is 0 Å². The van der Waals surface area contributed by atoms with Crippen molar-refractivity contribution in [3.63, 3.8) is 0 Å². The SMILES string of the molecule is CCCNCc1ncoc1C(C)C. The van der Waals surface area contributed by atoms with Gasteiger partial charge in [0.1, 0.15) is 5.76 Å². The van der Waals surface area contributed by atoms with Gasteiger partial charge in [-0.15, -0.1) is 0 Å². The molecule has 1 N–H and O–H groups in total. The fourth-order valence-corrected chi connectivity index (χ4v) is 1.26. The maximum atomic E-state index is 5.31. The molecule has 13 heavy (non-hydrogen) atoms. The Kier molecular flexibility index (Phi) is 3.96. The summed E-state index contributed by atoms with van der Waals surface area (Å²) in [4.78, 5) is 4.18. The molecule has 0 aliphatic heterocycles. The third-order valence-corrected chi connectivity index (χ3v) is 1.92. The maximum absolute atomic E-state index is 5.31. The van der Waals surface area contributed by atoms with Gasteiger partial charge < -0.3 is 9.73 Å². The van der Waals surface area contributed by atoms with Crippen LogP contribution in [0.3, 0.4) is 0 Å². The quantitative estimate of drug-likeness (QED) is 0.710. The molecule has 1 aromatic heterocycles. The molecule has 74 valence electrons. The smallest absolute Gasteiger partial charge is 0.181 e. The van der Waals surface area contributed by atoms with Crippen molar-refractivity contribution in [3.8, 4) is 0 Å². The van der Waals surface area contributed by atoms with Crippen molar-refractivity contribution in [2.75, 3.05) is 6.54 Å². The molecule has 0 aliphatic carbocycles. The highest BCUT2D eigenvalue weighted by Gasteiger charge is 2.10. The van der Waals surface area contributed by atoms with E-state index in [0.29, 0.717) is 5.92 Å². The van der Waals surface area contributed by atoms with Gasteiger partial charge in [0.2, 0.25) is 0 Å². The highest BCUT2D eigenvalue weighted by molar-refractivity contribution is 5.10.